The van der Waals surface area contributed by atoms with Crippen molar-refractivity contribution >= 4 is 42.1 Å². The Hall–Kier alpha value is -1.64. The van der Waals surface area contributed by atoms with Crippen LogP contribution in [0.15, 0.2) is 35.9 Å². The molecule has 230 valence electrons. The Balaban J connectivity index is 0.00000154. The zero-order chi connectivity index (χ0) is 26.7. The van der Waals surface area contributed by atoms with Crippen molar-refractivity contribution in [1.82, 2.24) is 4.90 Å². The quantitative estimate of drug-likeness (QED) is 0.520. The number of carbonyl (C=O) groups is 2. The van der Waals surface area contributed by atoms with Gasteiger partial charge in [0.15, 0.2) is 11.6 Å². The zero-order valence-electron chi connectivity index (χ0n) is 24.7. The van der Waals surface area contributed by atoms with Crippen LogP contribution in [0.25, 0.3) is 0 Å². The van der Waals surface area contributed by atoms with Crippen LogP contribution in [0.3, 0.4) is 0 Å². The number of hydrogen-bond donors (Lipinski definition) is 1. The maximum absolute atomic E-state index is 13.9. The first-order valence-electron chi connectivity index (χ1n) is 14.8. The minimum atomic E-state index is -1.23. The zero-order valence-corrected chi connectivity index (χ0v) is 26.3. The molecule has 0 aromatic heterocycles. The summed E-state index contributed by atoms with van der Waals surface area (Å²) in [5.41, 5.74) is 0.998. The number of benzene rings is 1. The number of ether oxygens (including phenoxy) is 1. The Morgan fingerprint density at radius 2 is 1.66 bits per heavy atom. The molecule has 6 rings (SSSR count). The fourth-order valence-corrected chi connectivity index (χ4v) is 9.41. The monoisotopic (exact) mass is 610 g/mol. The lowest BCUT2D eigenvalue weighted by Crippen LogP contribution is -2.59. The second-order valence-corrected chi connectivity index (χ2v) is 13.2. The molecule has 7 nitrogen and oxygen atoms in total. The van der Waals surface area contributed by atoms with Gasteiger partial charge in [0.25, 0.3) is 0 Å². The second-order valence-electron chi connectivity index (χ2n) is 13.2. The van der Waals surface area contributed by atoms with Crippen LogP contribution in [0.2, 0.25) is 0 Å². The number of rotatable bonds is 5. The first-order chi connectivity index (χ1) is 18.2. The third-order valence-corrected chi connectivity index (χ3v) is 11.7. The Morgan fingerprint density at radius 1 is 0.976 bits per heavy atom. The van der Waals surface area contributed by atoms with Crippen molar-refractivity contribution in [2.75, 3.05) is 44.7 Å². The molecule has 3 N–H and O–H groups in total. The van der Waals surface area contributed by atoms with E-state index >= 15 is 0 Å². The fourth-order valence-electron chi connectivity index (χ4n) is 9.41. The number of aliphatic hydroxyl groups is 1. The summed E-state index contributed by atoms with van der Waals surface area (Å²) in [6.07, 6.45) is 9.16. The average molecular weight is 612 g/mol. The van der Waals surface area contributed by atoms with Gasteiger partial charge in [-0.15, -0.1) is 24.8 Å². The van der Waals surface area contributed by atoms with Crippen LogP contribution in [0.1, 0.15) is 65.2 Å². The van der Waals surface area contributed by atoms with Gasteiger partial charge >= 0.3 is 0 Å². The molecule has 9 heteroatoms. The van der Waals surface area contributed by atoms with Crippen LogP contribution in [-0.2, 0) is 9.59 Å². The number of ketones is 2. The van der Waals surface area contributed by atoms with E-state index in [9.17, 15) is 14.7 Å². The molecule has 41 heavy (non-hydrogen) atoms. The van der Waals surface area contributed by atoms with Crippen LogP contribution < -0.4 is 9.64 Å². The Morgan fingerprint density at radius 3 is 2.37 bits per heavy atom. The van der Waals surface area contributed by atoms with E-state index in [1.165, 1.54) is 5.57 Å². The molecule has 1 aromatic carbocycles. The van der Waals surface area contributed by atoms with Gasteiger partial charge in [-0.25, -0.2) is 0 Å². The topological polar surface area (TPSA) is 102 Å². The van der Waals surface area contributed by atoms with Crippen molar-refractivity contribution in [3.63, 3.8) is 0 Å². The van der Waals surface area contributed by atoms with E-state index in [1.807, 2.05) is 24.3 Å². The lowest BCUT2D eigenvalue weighted by molar-refractivity contribution is -0.163. The normalized spacial score (nSPS) is 36.3. The average Bonchev–Trinajstić information content (AvgIpc) is 3.21. The highest BCUT2D eigenvalue weighted by atomic mass is 35.5. The SMILES string of the molecule is COc1ccccc1N1CCN(CC(=O)[C@@]2(O)CC[C@H]3[C@@H]4CCC5=CC(=O)CC[C@]5(C)[C@H]4CC[C@@]32C)CC1.Cl.Cl.O. The molecule has 1 aromatic rings. The molecule has 5 aliphatic rings. The number of nitrogens with zero attached hydrogens (tertiary/aromatic N) is 2. The van der Waals surface area contributed by atoms with Gasteiger partial charge in [0.05, 0.1) is 19.3 Å². The third kappa shape index (κ3) is 5.35. The van der Waals surface area contributed by atoms with E-state index in [0.717, 1.165) is 76.1 Å². The van der Waals surface area contributed by atoms with Gasteiger partial charge in [-0.2, -0.15) is 0 Å². The molecular formula is C32H48Cl2N2O5. The minimum absolute atomic E-state index is 0. The van der Waals surface area contributed by atoms with E-state index in [-0.39, 0.29) is 46.9 Å². The standard InChI is InChI=1S/C32H44N2O4.2ClH.H2O/c1-30-13-10-23(35)20-22(30)8-9-24-25(30)11-14-31(2)26(24)12-15-32(31,37)29(36)21-33-16-18-34(19-17-33)27-6-4-5-7-28(27)38-3;;;/h4-7,20,24-26,37H,8-19,21H2,1-3H3;2*1H;1H2/t24-,25+,26+,30+,31+,32+;;;/m1.../s1. The predicted octanol–water partition coefficient (Wildman–Crippen LogP) is 4.67. The smallest absolute Gasteiger partial charge is 0.178 e. The van der Waals surface area contributed by atoms with Crippen LogP contribution in [0, 0.1) is 28.6 Å². The predicted molar refractivity (Wildman–Crippen MR) is 166 cm³/mol. The van der Waals surface area contributed by atoms with Gasteiger partial charge in [-0.3, -0.25) is 14.5 Å². The van der Waals surface area contributed by atoms with Crippen molar-refractivity contribution in [2.24, 2.45) is 28.6 Å². The number of methoxy groups -OCH3 is 1. The fraction of sp³-hybridized carbons (Fsp3) is 0.688. The van der Waals surface area contributed by atoms with Gasteiger partial charge in [0.2, 0.25) is 0 Å². The van der Waals surface area contributed by atoms with Crippen molar-refractivity contribution in [2.45, 2.75) is 70.8 Å². The minimum Gasteiger partial charge on any atom is -0.495 e. The molecule has 1 heterocycles. The summed E-state index contributed by atoms with van der Waals surface area (Å²) in [4.78, 5) is 30.6. The van der Waals surface area contributed by atoms with E-state index in [0.29, 0.717) is 42.9 Å². The molecule has 0 bridgehead atoms. The molecule has 0 unspecified atom stereocenters. The van der Waals surface area contributed by atoms with E-state index in [1.54, 1.807) is 7.11 Å². The van der Waals surface area contributed by atoms with Crippen LogP contribution in [-0.4, -0.2) is 72.5 Å². The Kier molecular flexibility index (Phi) is 10.3. The van der Waals surface area contributed by atoms with Crippen molar-refractivity contribution in [1.29, 1.82) is 0 Å². The molecule has 1 aliphatic heterocycles. The number of carbonyl (C=O) groups excluding carboxylic acids is 2. The molecule has 0 spiro atoms. The Labute approximate surface area is 257 Å². The molecule has 6 atom stereocenters. The Bertz CT molecular complexity index is 1150. The van der Waals surface area contributed by atoms with E-state index in [2.05, 4.69) is 29.7 Å². The molecular weight excluding hydrogens is 563 g/mol. The lowest BCUT2D eigenvalue weighted by atomic mass is 9.46. The molecule has 3 saturated carbocycles. The summed E-state index contributed by atoms with van der Waals surface area (Å²) in [7, 11) is 1.71. The summed E-state index contributed by atoms with van der Waals surface area (Å²) >= 11 is 0. The van der Waals surface area contributed by atoms with Gasteiger partial charge < -0.3 is 20.2 Å². The number of para-hydroxylation sites is 2. The molecule has 0 amide bonds. The number of anilines is 1. The first-order valence-corrected chi connectivity index (χ1v) is 14.8. The highest BCUT2D eigenvalue weighted by Crippen LogP contribution is 2.67. The highest BCUT2D eigenvalue weighted by molar-refractivity contribution is 5.92. The third-order valence-electron chi connectivity index (χ3n) is 11.7. The summed E-state index contributed by atoms with van der Waals surface area (Å²) in [6, 6.07) is 8.10. The van der Waals surface area contributed by atoms with Crippen LogP contribution in [0.5, 0.6) is 5.75 Å². The van der Waals surface area contributed by atoms with Gasteiger partial charge in [-0.1, -0.05) is 31.6 Å². The van der Waals surface area contributed by atoms with Crippen LogP contribution >= 0.6 is 24.8 Å². The van der Waals surface area contributed by atoms with Crippen molar-refractivity contribution < 1.29 is 24.9 Å². The van der Waals surface area contributed by atoms with Crippen molar-refractivity contribution in [3.05, 3.63) is 35.9 Å². The van der Waals surface area contributed by atoms with Crippen molar-refractivity contribution in [3.8, 4) is 5.75 Å². The number of piperazine rings is 1. The van der Waals surface area contributed by atoms with E-state index < -0.39 is 5.60 Å². The number of hydrogen-bond acceptors (Lipinski definition) is 6. The van der Waals surface area contributed by atoms with Gasteiger partial charge in [0.1, 0.15) is 11.4 Å². The highest BCUT2D eigenvalue weighted by Gasteiger charge is 2.66. The van der Waals surface area contributed by atoms with Gasteiger partial charge in [-0.05, 0) is 86.3 Å². The number of allylic oxidation sites excluding steroid dienone is 1. The molecule has 4 fully saturated rings. The summed E-state index contributed by atoms with van der Waals surface area (Å²) < 4.78 is 5.55. The number of fused-ring (bicyclic) bond motifs is 5. The second kappa shape index (κ2) is 12.5. The molecule has 0 radical (unpaired) electrons. The lowest BCUT2D eigenvalue weighted by Gasteiger charge is -2.59. The maximum atomic E-state index is 13.9. The summed E-state index contributed by atoms with van der Waals surface area (Å²) in [6.45, 7) is 8.23. The first kappa shape index (κ1) is 33.9. The number of Topliss-reactive ketones (excluding diaryl/α,β-unsaturated/α-hetero) is 1. The summed E-state index contributed by atoms with van der Waals surface area (Å²) in [5, 5.41) is 12.1. The largest absolute Gasteiger partial charge is 0.495 e. The molecule has 4 aliphatic carbocycles. The molecule has 1 saturated heterocycles. The van der Waals surface area contributed by atoms with E-state index in [4.69, 9.17) is 4.74 Å². The maximum Gasteiger partial charge on any atom is 0.178 e. The van der Waals surface area contributed by atoms with Crippen LogP contribution in [0.4, 0.5) is 5.69 Å². The number of halogens is 2. The van der Waals surface area contributed by atoms with Gasteiger partial charge in [0, 0.05) is 38.0 Å². The summed E-state index contributed by atoms with van der Waals surface area (Å²) in [5.74, 6) is 2.68.